The molecule has 0 spiro atoms. The van der Waals surface area contributed by atoms with Gasteiger partial charge in [-0.1, -0.05) is 68.4 Å². The molecule has 28 heavy (non-hydrogen) atoms. The van der Waals surface area contributed by atoms with E-state index >= 15 is 0 Å². The Balaban J connectivity index is 0.00000225. The summed E-state index contributed by atoms with van der Waals surface area (Å²) in [5, 5.41) is 0. The zero-order valence-corrected chi connectivity index (χ0v) is 17.8. The third-order valence-electron chi connectivity index (χ3n) is 5.97. The van der Waals surface area contributed by atoms with E-state index in [9.17, 15) is 0 Å². The Morgan fingerprint density at radius 2 is 1.61 bits per heavy atom. The number of rotatable bonds is 7. The SMILES string of the molecule is CCN(CC)CCCc1c(-c2ccccc2)[nH]c2c1-c1ccccc1CC2.Cl. The molecule has 0 amide bonds. The van der Waals surface area contributed by atoms with Crippen LogP contribution in [0.3, 0.4) is 0 Å². The minimum Gasteiger partial charge on any atom is -0.358 e. The lowest BCUT2D eigenvalue weighted by Crippen LogP contribution is -2.24. The molecule has 0 fully saturated rings. The molecule has 0 bridgehead atoms. The Morgan fingerprint density at radius 1 is 0.893 bits per heavy atom. The number of nitrogens with one attached hydrogen (secondary N) is 1. The van der Waals surface area contributed by atoms with Crippen LogP contribution >= 0.6 is 12.4 Å². The highest BCUT2D eigenvalue weighted by molar-refractivity contribution is 5.85. The summed E-state index contributed by atoms with van der Waals surface area (Å²) in [4.78, 5) is 6.33. The zero-order chi connectivity index (χ0) is 18.6. The van der Waals surface area contributed by atoms with E-state index < -0.39 is 0 Å². The predicted octanol–water partition coefficient (Wildman–Crippen LogP) is 6.14. The Kier molecular flexibility index (Phi) is 6.98. The number of hydrogen-bond donors (Lipinski definition) is 1. The average Bonchev–Trinajstić information content (AvgIpc) is 3.11. The molecular formula is C25H31ClN2. The second kappa shape index (κ2) is 9.45. The van der Waals surface area contributed by atoms with Gasteiger partial charge in [0, 0.05) is 17.0 Å². The van der Waals surface area contributed by atoms with Gasteiger partial charge in [-0.3, -0.25) is 0 Å². The summed E-state index contributed by atoms with van der Waals surface area (Å²) in [7, 11) is 0. The summed E-state index contributed by atoms with van der Waals surface area (Å²) in [5.41, 5.74) is 9.99. The van der Waals surface area contributed by atoms with Gasteiger partial charge < -0.3 is 9.88 Å². The highest BCUT2D eigenvalue weighted by atomic mass is 35.5. The van der Waals surface area contributed by atoms with E-state index in [4.69, 9.17) is 0 Å². The summed E-state index contributed by atoms with van der Waals surface area (Å²) >= 11 is 0. The number of H-pyrrole nitrogens is 1. The van der Waals surface area contributed by atoms with Gasteiger partial charge in [0.1, 0.15) is 0 Å². The molecule has 2 nitrogen and oxygen atoms in total. The van der Waals surface area contributed by atoms with Crippen molar-refractivity contribution in [1.29, 1.82) is 0 Å². The van der Waals surface area contributed by atoms with Crippen LogP contribution in [-0.4, -0.2) is 29.5 Å². The van der Waals surface area contributed by atoms with Crippen molar-refractivity contribution >= 4 is 12.4 Å². The molecule has 4 rings (SSSR count). The van der Waals surface area contributed by atoms with Crippen molar-refractivity contribution in [2.24, 2.45) is 0 Å². The fourth-order valence-electron chi connectivity index (χ4n) is 4.47. The van der Waals surface area contributed by atoms with Crippen LogP contribution in [0.15, 0.2) is 54.6 Å². The lowest BCUT2D eigenvalue weighted by atomic mass is 9.86. The Morgan fingerprint density at radius 3 is 2.36 bits per heavy atom. The van der Waals surface area contributed by atoms with Gasteiger partial charge >= 0.3 is 0 Å². The van der Waals surface area contributed by atoms with Crippen LogP contribution in [-0.2, 0) is 19.3 Å². The van der Waals surface area contributed by atoms with Gasteiger partial charge in [0.15, 0.2) is 0 Å². The van der Waals surface area contributed by atoms with Gasteiger partial charge in [0.2, 0.25) is 0 Å². The van der Waals surface area contributed by atoms with Crippen molar-refractivity contribution in [1.82, 2.24) is 9.88 Å². The van der Waals surface area contributed by atoms with Gasteiger partial charge in [-0.05, 0) is 67.6 Å². The quantitative estimate of drug-likeness (QED) is 0.509. The molecule has 3 heteroatoms. The molecular weight excluding hydrogens is 364 g/mol. The lowest BCUT2D eigenvalue weighted by molar-refractivity contribution is 0.300. The minimum atomic E-state index is 0. The van der Waals surface area contributed by atoms with Crippen LogP contribution in [0.5, 0.6) is 0 Å². The van der Waals surface area contributed by atoms with Gasteiger partial charge in [0.25, 0.3) is 0 Å². The van der Waals surface area contributed by atoms with Crippen molar-refractivity contribution in [3.05, 3.63) is 71.4 Å². The van der Waals surface area contributed by atoms with Crippen LogP contribution in [0, 0.1) is 0 Å². The summed E-state index contributed by atoms with van der Waals surface area (Å²) < 4.78 is 0. The summed E-state index contributed by atoms with van der Waals surface area (Å²) in [6.45, 7) is 7.95. The molecule has 0 unspecified atom stereocenters. The largest absolute Gasteiger partial charge is 0.358 e. The molecule has 0 radical (unpaired) electrons. The van der Waals surface area contributed by atoms with E-state index in [2.05, 4.69) is 78.3 Å². The number of aromatic amines is 1. The van der Waals surface area contributed by atoms with Gasteiger partial charge in [0.05, 0.1) is 0 Å². The third-order valence-corrected chi connectivity index (χ3v) is 5.97. The highest BCUT2D eigenvalue weighted by Crippen LogP contribution is 2.41. The first-order valence-corrected chi connectivity index (χ1v) is 10.4. The predicted molar refractivity (Wildman–Crippen MR) is 122 cm³/mol. The fraction of sp³-hybridized carbons (Fsp3) is 0.360. The molecule has 3 aromatic rings. The van der Waals surface area contributed by atoms with Crippen molar-refractivity contribution in [2.45, 2.75) is 39.5 Å². The van der Waals surface area contributed by atoms with Crippen molar-refractivity contribution in [2.75, 3.05) is 19.6 Å². The number of halogens is 1. The van der Waals surface area contributed by atoms with Crippen LogP contribution in [0.4, 0.5) is 0 Å². The molecule has 0 saturated heterocycles. The summed E-state index contributed by atoms with van der Waals surface area (Å²) in [5.74, 6) is 0. The number of benzene rings is 2. The number of hydrogen-bond acceptors (Lipinski definition) is 1. The zero-order valence-electron chi connectivity index (χ0n) is 17.0. The molecule has 2 aromatic carbocycles. The summed E-state index contributed by atoms with van der Waals surface area (Å²) in [6, 6.07) is 19.8. The number of aromatic nitrogens is 1. The lowest BCUT2D eigenvalue weighted by Gasteiger charge is -2.20. The van der Waals surface area contributed by atoms with E-state index in [0.29, 0.717) is 0 Å². The Labute approximate surface area is 175 Å². The summed E-state index contributed by atoms with van der Waals surface area (Å²) in [6.07, 6.45) is 4.58. The smallest absolute Gasteiger partial charge is 0.0495 e. The van der Waals surface area contributed by atoms with Gasteiger partial charge in [-0.2, -0.15) is 0 Å². The molecule has 1 heterocycles. The maximum Gasteiger partial charge on any atom is 0.0495 e. The van der Waals surface area contributed by atoms with Crippen LogP contribution in [0.25, 0.3) is 22.4 Å². The van der Waals surface area contributed by atoms with Crippen molar-refractivity contribution in [3.8, 4) is 22.4 Å². The molecule has 1 aliphatic rings. The van der Waals surface area contributed by atoms with E-state index in [0.717, 1.165) is 32.4 Å². The first kappa shape index (κ1) is 20.7. The topological polar surface area (TPSA) is 19.0 Å². The standard InChI is InChI=1S/C25H30N2.ClH/c1-3-27(4-2)18-10-15-22-24-21-14-9-8-11-19(21)16-17-23(24)26-25(22)20-12-6-5-7-13-20;/h5-9,11-14,26H,3-4,10,15-18H2,1-2H3;1H. The molecule has 148 valence electrons. The first-order valence-electron chi connectivity index (χ1n) is 10.4. The number of fused-ring (bicyclic) bond motifs is 3. The molecule has 1 N–H and O–H groups in total. The maximum absolute atomic E-state index is 3.81. The van der Waals surface area contributed by atoms with Crippen LogP contribution in [0.1, 0.15) is 37.1 Å². The molecule has 0 atom stereocenters. The van der Waals surface area contributed by atoms with E-state index in [-0.39, 0.29) is 12.4 Å². The van der Waals surface area contributed by atoms with Crippen LogP contribution < -0.4 is 0 Å². The van der Waals surface area contributed by atoms with Gasteiger partial charge in [-0.15, -0.1) is 12.4 Å². The normalized spacial score (nSPS) is 12.4. The number of nitrogens with zero attached hydrogens (tertiary/aromatic N) is 1. The Hall–Kier alpha value is -2.03. The second-order valence-corrected chi connectivity index (χ2v) is 7.49. The average molecular weight is 395 g/mol. The molecule has 0 saturated carbocycles. The van der Waals surface area contributed by atoms with Crippen molar-refractivity contribution in [3.63, 3.8) is 0 Å². The van der Waals surface area contributed by atoms with E-state index in [1.54, 1.807) is 0 Å². The fourth-order valence-corrected chi connectivity index (χ4v) is 4.47. The molecule has 0 aliphatic heterocycles. The van der Waals surface area contributed by atoms with Gasteiger partial charge in [-0.25, -0.2) is 0 Å². The van der Waals surface area contributed by atoms with Crippen LogP contribution in [0.2, 0.25) is 0 Å². The second-order valence-electron chi connectivity index (χ2n) is 7.49. The maximum atomic E-state index is 3.81. The third kappa shape index (κ3) is 4.04. The van der Waals surface area contributed by atoms with Crippen molar-refractivity contribution < 1.29 is 0 Å². The molecule has 1 aliphatic carbocycles. The minimum absolute atomic E-state index is 0. The number of aryl methyl sites for hydroxylation is 2. The van der Waals surface area contributed by atoms with E-state index in [1.807, 2.05) is 0 Å². The molecule has 1 aromatic heterocycles. The first-order chi connectivity index (χ1) is 13.3. The highest BCUT2D eigenvalue weighted by Gasteiger charge is 2.24. The Bertz CT molecular complexity index is 894. The monoisotopic (exact) mass is 394 g/mol. The van der Waals surface area contributed by atoms with E-state index in [1.165, 1.54) is 52.2 Å².